The van der Waals surface area contributed by atoms with Crippen molar-refractivity contribution in [1.82, 2.24) is 0 Å². The first kappa shape index (κ1) is 13.3. The van der Waals surface area contributed by atoms with Gasteiger partial charge in [0.2, 0.25) is 0 Å². The lowest BCUT2D eigenvalue weighted by atomic mass is 10.2. The zero-order chi connectivity index (χ0) is 7.98. The predicted molar refractivity (Wildman–Crippen MR) is 46.8 cm³/mol. The highest BCUT2D eigenvalue weighted by Gasteiger charge is 2.10. The van der Waals surface area contributed by atoms with Crippen LogP contribution in [0.5, 0.6) is 0 Å². The molecule has 0 aromatic heterocycles. The van der Waals surface area contributed by atoms with E-state index in [2.05, 4.69) is 0 Å². The van der Waals surface area contributed by atoms with E-state index in [9.17, 15) is 4.79 Å². The molecule has 0 saturated heterocycles. The Bertz CT molecular complexity index is 109. The van der Waals surface area contributed by atoms with Crippen molar-refractivity contribution in [2.75, 3.05) is 6.61 Å². The minimum absolute atomic E-state index is 0. The van der Waals surface area contributed by atoms with E-state index in [-0.39, 0.29) is 18.4 Å². The second-order valence-electron chi connectivity index (χ2n) is 2.18. The predicted octanol–water partition coefficient (Wildman–Crippen LogP) is 1.10. The number of carbonyl (C=O) groups is 1. The number of carbonyl (C=O) groups excluding carboxylic acids is 1. The van der Waals surface area contributed by atoms with Crippen molar-refractivity contribution < 1.29 is 9.53 Å². The van der Waals surface area contributed by atoms with Gasteiger partial charge in [-0.3, -0.25) is 4.79 Å². The minimum atomic E-state index is -0.438. The summed E-state index contributed by atoms with van der Waals surface area (Å²) in [4.78, 5) is 10.8. The van der Waals surface area contributed by atoms with Crippen LogP contribution >= 0.6 is 12.4 Å². The summed E-state index contributed by atoms with van der Waals surface area (Å²) in [6.07, 6.45) is 1.49. The highest BCUT2D eigenvalue weighted by atomic mass is 35.5. The number of hydrogen-bond acceptors (Lipinski definition) is 3. The molecule has 3 nitrogen and oxygen atoms in total. The van der Waals surface area contributed by atoms with E-state index in [1.54, 1.807) is 0 Å². The number of hydrogen-bond donors (Lipinski definition) is 1. The van der Waals surface area contributed by atoms with Gasteiger partial charge in [0.05, 0.1) is 6.61 Å². The summed E-state index contributed by atoms with van der Waals surface area (Å²) in [6, 6.07) is -0.438. The summed E-state index contributed by atoms with van der Waals surface area (Å²) >= 11 is 0. The molecule has 0 aliphatic rings. The zero-order valence-corrected chi connectivity index (χ0v) is 7.82. The number of nitrogens with two attached hydrogens (primary N) is 1. The third-order valence-electron chi connectivity index (χ3n) is 1.19. The van der Waals surface area contributed by atoms with Crippen LogP contribution in [0.3, 0.4) is 0 Å². The molecule has 1 unspecified atom stereocenters. The van der Waals surface area contributed by atoms with Crippen molar-refractivity contribution in [2.45, 2.75) is 32.7 Å². The van der Waals surface area contributed by atoms with Gasteiger partial charge in [-0.15, -0.1) is 12.4 Å². The summed E-state index contributed by atoms with van der Waals surface area (Å²) < 4.78 is 4.78. The maximum absolute atomic E-state index is 10.8. The quantitative estimate of drug-likeness (QED) is 0.661. The first-order valence-electron chi connectivity index (χ1n) is 3.64. The molecule has 0 aromatic carbocycles. The van der Waals surface area contributed by atoms with E-state index >= 15 is 0 Å². The Balaban J connectivity index is 0. The van der Waals surface area contributed by atoms with Gasteiger partial charge in [0.25, 0.3) is 0 Å². The van der Waals surface area contributed by atoms with Gasteiger partial charge >= 0.3 is 5.97 Å². The monoisotopic (exact) mass is 181 g/mol. The molecular formula is C7H16ClNO2. The van der Waals surface area contributed by atoms with E-state index < -0.39 is 6.04 Å². The van der Waals surface area contributed by atoms with Crippen LogP contribution in [0.1, 0.15) is 26.7 Å². The summed E-state index contributed by atoms with van der Waals surface area (Å²) in [5, 5.41) is 0. The van der Waals surface area contributed by atoms with Crippen LogP contribution in [0.2, 0.25) is 0 Å². The molecule has 68 valence electrons. The molecule has 0 aliphatic heterocycles. The SMILES string of the molecule is CCCOC(=O)C(N)CC.Cl. The molecule has 0 bridgehead atoms. The number of rotatable bonds is 4. The fraction of sp³-hybridized carbons (Fsp3) is 0.857. The van der Waals surface area contributed by atoms with E-state index in [4.69, 9.17) is 10.5 Å². The van der Waals surface area contributed by atoms with Gasteiger partial charge in [-0.25, -0.2) is 0 Å². The van der Waals surface area contributed by atoms with Gasteiger partial charge < -0.3 is 10.5 Å². The van der Waals surface area contributed by atoms with Gasteiger partial charge in [0, 0.05) is 0 Å². The van der Waals surface area contributed by atoms with Crippen LogP contribution in [0, 0.1) is 0 Å². The number of esters is 1. The molecule has 0 heterocycles. The average molecular weight is 182 g/mol. The van der Waals surface area contributed by atoms with Crippen LogP contribution in [0.25, 0.3) is 0 Å². The first-order valence-corrected chi connectivity index (χ1v) is 3.64. The van der Waals surface area contributed by atoms with Gasteiger partial charge in [-0.1, -0.05) is 13.8 Å². The van der Waals surface area contributed by atoms with Gasteiger partial charge in [-0.05, 0) is 12.8 Å². The largest absolute Gasteiger partial charge is 0.465 e. The molecule has 4 heteroatoms. The molecule has 0 rings (SSSR count). The fourth-order valence-corrected chi connectivity index (χ4v) is 0.476. The molecule has 0 aliphatic carbocycles. The second kappa shape index (κ2) is 7.82. The summed E-state index contributed by atoms with van der Waals surface area (Å²) in [7, 11) is 0. The summed E-state index contributed by atoms with van der Waals surface area (Å²) in [6.45, 7) is 4.29. The Kier molecular flexibility index (Phi) is 9.47. The van der Waals surface area contributed by atoms with Gasteiger partial charge in [-0.2, -0.15) is 0 Å². The number of halogens is 1. The second-order valence-corrected chi connectivity index (χ2v) is 2.18. The van der Waals surface area contributed by atoms with Crippen molar-refractivity contribution in [3.05, 3.63) is 0 Å². The van der Waals surface area contributed by atoms with Crippen molar-refractivity contribution in [2.24, 2.45) is 5.73 Å². The smallest absolute Gasteiger partial charge is 0.322 e. The van der Waals surface area contributed by atoms with Crippen LogP contribution < -0.4 is 5.73 Å². The lowest BCUT2D eigenvalue weighted by molar-refractivity contribution is -0.145. The molecule has 2 N–H and O–H groups in total. The van der Waals surface area contributed by atoms with Crippen LogP contribution in [-0.4, -0.2) is 18.6 Å². The van der Waals surface area contributed by atoms with Gasteiger partial charge in [0.1, 0.15) is 6.04 Å². The summed E-state index contributed by atoms with van der Waals surface area (Å²) in [5.74, 6) is -0.288. The molecule has 0 amide bonds. The molecular weight excluding hydrogens is 166 g/mol. The van der Waals surface area contributed by atoms with Crippen LogP contribution in [-0.2, 0) is 9.53 Å². The Hall–Kier alpha value is -0.280. The molecule has 0 spiro atoms. The number of ether oxygens (including phenoxy) is 1. The van der Waals surface area contributed by atoms with Crippen molar-refractivity contribution in [3.63, 3.8) is 0 Å². The molecule has 0 aromatic rings. The molecule has 1 atom stereocenters. The normalized spacial score (nSPS) is 11.5. The molecule has 0 radical (unpaired) electrons. The van der Waals surface area contributed by atoms with Crippen LogP contribution in [0.15, 0.2) is 0 Å². The Morgan fingerprint density at radius 2 is 2.09 bits per heavy atom. The van der Waals surface area contributed by atoms with Crippen molar-refractivity contribution in [1.29, 1.82) is 0 Å². The fourth-order valence-electron chi connectivity index (χ4n) is 0.476. The first-order chi connectivity index (χ1) is 4.72. The zero-order valence-electron chi connectivity index (χ0n) is 7.00. The standard InChI is InChI=1S/C7H15NO2.ClH/c1-3-5-10-7(9)6(8)4-2;/h6H,3-5,8H2,1-2H3;1H. The lowest BCUT2D eigenvalue weighted by Gasteiger charge is -2.07. The van der Waals surface area contributed by atoms with E-state index in [0.29, 0.717) is 13.0 Å². The Morgan fingerprint density at radius 1 is 1.55 bits per heavy atom. The maximum atomic E-state index is 10.8. The molecule has 0 fully saturated rings. The Morgan fingerprint density at radius 3 is 2.45 bits per heavy atom. The highest BCUT2D eigenvalue weighted by Crippen LogP contribution is 1.91. The summed E-state index contributed by atoms with van der Waals surface area (Å²) in [5.41, 5.74) is 5.38. The lowest BCUT2D eigenvalue weighted by Crippen LogP contribution is -2.31. The Labute approximate surface area is 73.7 Å². The minimum Gasteiger partial charge on any atom is -0.465 e. The van der Waals surface area contributed by atoms with Crippen molar-refractivity contribution >= 4 is 18.4 Å². The van der Waals surface area contributed by atoms with E-state index in [1.165, 1.54) is 0 Å². The van der Waals surface area contributed by atoms with Crippen molar-refractivity contribution in [3.8, 4) is 0 Å². The van der Waals surface area contributed by atoms with E-state index in [0.717, 1.165) is 6.42 Å². The average Bonchev–Trinajstić information content (AvgIpc) is 1.98. The molecule has 0 saturated carbocycles. The maximum Gasteiger partial charge on any atom is 0.322 e. The highest BCUT2D eigenvalue weighted by molar-refractivity contribution is 5.85. The van der Waals surface area contributed by atoms with Gasteiger partial charge in [0.15, 0.2) is 0 Å². The van der Waals surface area contributed by atoms with E-state index in [1.807, 2.05) is 13.8 Å². The third-order valence-corrected chi connectivity index (χ3v) is 1.19. The van der Waals surface area contributed by atoms with Crippen LogP contribution in [0.4, 0.5) is 0 Å². The topological polar surface area (TPSA) is 52.3 Å². The third kappa shape index (κ3) is 6.13. The molecule has 11 heavy (non-hydrogen) atoms.